The van der Waals surface area contributed by atoms with Crippen molar-refractivity contribution in [2.45, 2.75) is 62.4 Å². The normalized spacial score (nSPS) is 20.8. The lowest BCUT2D eigenvalue weighted by molar-refractivity contribution is -0.148. The number of amides is 1. The van der Waals surface area contributed by atoms with Crippen molar-refractivity contribution >= 4 is 11.7 Å². The van der Waals surface area contributed by atoms with E-state index in [-0.39, 0.29) is 17.2 Å². The van der Waals surface area contributed by atoms with Crippen molar-refractivity contribution in [3.8, 4) is 0 Å². The molecule has 0 aromatic heterocycles. The van der Waals surface area contributed by atoms with Crippen molar-refractivity contribution in [3.63, 3.8) is 0 Å². The molecular formula is C31H44N4O2. The van der Waals surface area contributed by atoms with Gasteiger partial charge in [0.2, 0.25) is 5.91 Å². The summed E-state index contributed by atoms with van der Waals surface area (Å²) in [7, 11) is 3.80. The molecule has 1 amide bonds. The average molecular weight is 505 g/mol. The van der Waals surface area contributed by atoms with Gasteiger partial charge in [-0.3, -0.25) is 14.5 Å². The Kier molecular flexibility index (Phi) is 9.89. The standard InChI is InChI=1S/C31H44N4O2/c1-34(2)30(37)31(18-20-32-21-19-31)35-22-10-9-15-28(35)17-16-27(25-11-5-3-6-12-25)23-33-24-29(36)26-13-7-4-8-14-26/h3-8,11-14,27-28,32-33H,9-10,15-24H2,1-2H3. The molecular weight excluding hydrogens is 460 g/mol. The van der Waals surface area contributed by atoms with Crippen molar-refractivity contribution in [2.75, 3.05) is 46.8 Å². The van der Waals surface area contributed by atoms with E-state index < -0.39 is 0 Å². The zero-order chi connectivity index (χ0) is 26.1. The number of piperidine rings is 2. The van der Waals surface area contributed by atoms with Crippen molar-refractivity contribution in [3.05, 3.63) is 71.8 Å². The number of carbonyl (C=O) groups is 2. The molecule has 2 aromatic rings. The van der Waals surface area contributed by atoms with Gasteiger partial charge >= 0.3 is 0 Å². The topological polar surface area (TPSA) is 64.7 Å². The molecule has 2 saturated heterocycles. The van der Waals surface area contributed by atoms with Crippen LogP contribution in [0.4, 0.5) is 0 Å². The minimum absolute atomic E-state index is 0.126. The molecule has 2 heterocycles. The summed E-state index contributed by atoms with van der Waals surface area (Å²) in [4.78, 5) is 30.6. The lowest BCUT2D eigenvalue weighted by Crippen LogP contribution is -2.66. The van der Waals surface area contributed by atoms with E-state index in [1.165, 1.54) is 12.0 Å². The van der Waals surface area contributed by atoms with Gasteiger partial charge in [-0.2, -0.15) is 0 Å². The van der Waals surface area contributed by atoms with E-state index in [2.05, 4.69) is 45.9 Å². The lowest BCUT2D eigenvalue weighted by Gasteiger charge is -2.51. The van der Waals surface area contributed by atoms with E-state index >= 15 is 0 Å². The van der Waals surface area contributed by atoms with E-state index in [1.54, 1.807) is 4.90 Å². The van der Waals surface area contributed by atoms with Crippen LogP contribution in [-0.4, -0.2) is 79.9 Å². The molecule has 2 N–H and O–H groups in total. The zero-order valence-corrected chi connectivity index (χ0v) is 22.6. The van der Waals surface area contributed by atoms with E-state index in [1.807, 2.05) is 44.4 Å². The second kappa shape index (κ2) is 13.3. The van der Waals surface area contributed by atoms with Gasteiger partial charge in [-0.15, -0.1) is 0 Å². The van der Waals surface area contributed by atoms with Gasteiger partial charge in [-0.05, 0) is 69.6 Å². The fraction of sp³-hybridized carbons (Fsp3) is 0.548. The third-order valence-corrected chi connectivity index (χ3v) is 8.30. The zero-order valence-electron chi connectivity index (χ0n) is 22.6. The Labute approximate surface area is 222 Å². The Hall–Kier alpha value is -2.54. The van der Waals surface area contributed by atoms with Crippen LogP contribution >= 0.6 is 0 Å². The lowest BCUT2D eigenvalue weighted by atomic mass is 9.80. The molecule has 6 heteroatoms. The van der Waals surface area contributed by atoms with Gasteiger partial charge in [-0.25, -0.2) is 0 Å². The summed E-state index contributed by atoms with van der Waals surface area (Å²) in [5, 5.41) is 6.92. The molecule has 37 heavy (non-hydrogen) atoms. The Morgan fingerprint density at radius 3 is 2.38 bits per heavy atom. The molecule has 200 valence electrons. The second-order valence-electron chi connectivity index (χ2n) is 10.9. The Bertz CT molecular complexity index is 989. The fourth-order valence-corrected chi connectivity index (χ4v) is 6.34. The number of Topliss-reactive ketones (excluding diaryl/α,β-unsaturated/α-hetero) is 1. The number of hydrogen-bond acceptors (Lipinski definition) is 5. The van der Waals surface area contributed by atoms with Gasteiger partial charge < -0.3 is 15.5 Å². The van der Waals surface area contributed by atoms with Crippen LogP contribution in [0, 0.1) is 0 Å². The maximum atomic E-state index is 13.6. The molecule has 2 fully saturated rings. The first-order valence-corrected chi connectivity index (χ1v) is 14.0. The van der Waals surface area contributed by atoms with Crippen LogP contribution in [0.1, 0.15) is 66.8 Å². The van der Waals surface area contributed by atoms with Gasteiger partial charge in [0.15, 0.2) is 5.78 Å². The average Bonchev–Trinajstić information content (AvgIpc) is 2.95. The summed E-state index contributed by atoms with van der Waals surface area (Å²) in [6.07, 6.45) is 7.39. The number of benzene rings is 2. The molecule has 2 aromatic carbocycles. The highest BCUT2D eigenvalue weighted by Gasteiger charge is 2.48. The number of rotatable bonds is 11. The van der Waals surface area contributed by atoms with Crippen LogP contribution in [-0.2, 0) is 4.79 Å². The molecule has 0 saturated carbocycles. The summed E-state index contributed by atoms with van der Waals surface area (Å²) in [5.74, 6) is 0.713. The fourth-order valence-electron chi connectivity index (χ4n) is 6.34. The summed E-state index contributed by atoms with van der Waals surface area (Å²) < 4.78 is 0. The van der Waals surface area contributed by atoms with E-state index in [0.29, 0.717) is 18.5 Å². The Morgan fingerprint density at radius 1 is 1.03 bits per heavy atom. The van der Waals surface area contributed by atoms with E-state index in [0.717, 1.165) is 70.3 Å². The van der Waals surface area contributed by atoms with Crippen LogP contribution in [0.2, 0.25) is 0 Å². The van der Waals surface area contributed by atoms with Crippen molar-refractivity contribution in [1.29, 1.82) is 0 Å². The maximum Gasteiger partial charge on any atom is 0.242 e. The number of carbonyl (C=O) groups excluding carboxylic acids is 2. The van der Waals surface area contributed by atoms with E-state index in [9.17, 15) is 9.59 Å². The number of likely N-dealkylation sites (tertiary alicyclic amines) is 1. The highest BCUT2D eigenvalue weighted by Crippen LogP contribution is 2.37. The van der Waals surface area contributed by atoms with Gasteiger partial charge in [0, 0.05) is 32.2 Å². The predicted octanol–water partition coefficient (Wildman–Crippen LogP) is 4.09. The largest absolute Gasteiger partial charge is 0.347 e. The minimum atomic E-state index is -0.386. The SMILES string of the molecule is CN(C)C(=O)C1(N2CCCCC2CCC(CNCC(=O)c2ccccc2)c2ccccc2)CCNCC1. The van der Waals surface area contributed by atoms with Crippen molar-refractivity contribution in [1.82, 2.24) is 20.4 Å². The summed E-state index contributed by atoms with van der Waals surface area (Å²) in [5.41, 5.74) is 1.68. The number of likely N-dealkylation sites (N-methyl/N-ethyl adjacent to an activating group) is 1. The number of ketones is 1. The molecule has 0 spiro atoms. The quantitative estimate of drug-likeness (QED) is 0.452. The molecule has 4 rings (SSSR count). The Morgan fingerprint density at radius 2 is 1.70 bits per heavy atom. The van der Waals surface area contributed by atoms with Crippen LogP contribution in [0.3, 0.4) is 0 Å². The molecule has 2 aliphatic rings. The Balaban J connectivity index is 1.44. The summed E-state index contributed by atoms with van der Waals surface area (Å²) in [6.45, 7) is 3.91. The number of nitrogens with one attached hydrogen (secondary N) is 2. The van der Waals surface area contributed by atoms with Crippen molar-refractivity contribution < 1.29 is 9.59 Å². The molecule has 6 nitrogen and oxygen atoms in total. The molecule has 0 aliphatic carbocycles. The number of hydrogen-bond donors (Lipinski definition) is 2. The first-order chi connectivity index (χ1) is 18.0. The summed E-state index contributed by atoms with van der Waals surface area (Å²) in [6, 6.07) is 20.6. The second-order valence-corrected chi connectivity index (χ2v) is 10.9. The molecule has 0 bridgehead atoms. The molecule has 2 aliphatic heterocycles. The predicted molar refractivity (Wildman–Crippen MR) is 150 cm³/mol. The van der Waals surface area contributed by atoms with Gasteiger partial charge in [-0.1, -0.05) is 67.1 Å². The highest BCUT2D eigenvalue weighted by atomic mass is 16.2. The summed E-state index contributed by atoms with van der Waals surface area (Å²) >= 11 is 0. The van der Waals surface area contributed by atoms with Crippen LogP contribution < -0.4 is 10.6 Å². The monoisotopic (exact) mass is 504 g/mol. The molecule has 0 radical (unpaired) electrons. The van der Waals surface area contributed by atoms with E-state index in [4.69, 9.17) is 0 Å². The van der Waals surface area contributed by atoms with Gasteiger partial charge in [0.05, 0.1) is 6.54 Å². The smallest absolute Gasteiger partial charge is 0.242 e. The number of nitrogens with zero attached hydrogens (tertiary/aromatic N) is 2. The van der Waals surface area contributed by atoms with Crippen molar-refractivity contribution in [2.24, 2.45) is 0 Å². The van der Waals surface area contributed by atoms with Crippen LogP contribution in [0.15, 0.2) is 60.7 Å². The van der Waals surface area contributed by atoms with Crippen LogP contribution in [0.5, 0.6) is 0 Å². The molecule has 2 unspecified atom stereocenters. The third-order valence-electron chi connectivity index (χ3n) is 8.30. The molecule has 2 atom stereocenters. The first-order valence-electron chi connectivity index (χ1n) is 14.0. The third kappa shape index (κ3) is 6.86. The van der Waals surface area contributed by atoms with Gasteiger partial charge in [0.25, 0.3) is 0 Å². The highest BCUT2D eigenvalue weighted by molar-refractivity contribution is 5.97. The first kappa shape index (κ1) is 27.5. The van der Waals surface area contributed by atoms with Gasteiger partial charge in [0.1, 0.15) is 5.54 Å². The van der Waals surface area contributed by atoms with Crippen LogP contribution in [0.25, 0.3) is 0 Å². The minimum Gasteiger partial charge on any atom is -0.347 e. The maximum absolute atomic E-state index is 13.6.